The molecule has 2 atom stereocenters. The highest BCUT2D eigenvalue weighted by atomic mass is 16.7. The van der Waals surface area contributed by atoms with Gasteiger partial charge in [-0.15, -0.1) is 0 Å². The molecule has 0 saturated heterocycles. The maximum atomic E-state index is 11.1. The van der Waals surface area contributed by atoms with Crippen LogP contribution in [0.4, 0.5) is 0 Å². The molecule has 0 aromatic carbocycles. The third kappa shape index (κ3) is 11.7. The summed E-state index contributed by atoms with van der Waals surface area (Å²) in [6.45, 7) is 4.38. The van der Waals surface area contributed by atoms with E-state index in [1.807, 2.05) is 6.92 Å². The standard InChI is InChI=1S/C16H32O5/c1-3-5-6-7-8-9-11-14(4-2)21-16(15(18)19)20-13-10-12-17/h14,16-17H,3-13H2,1-2H3,(H,18,19). The molecule has 0 spiro atoms. The summed E-state index contributed by atoms with van der Waals surface area (Å²) in [4.78, 5) is 11.1. The van der Waals surface area contributed by atoms with Crippen LogP contribution in [-0.4, -0.2) is 41.8 Å². The molecule has 0 aliphatic carbocycles. The summed E-state index contributed by atoms with van der Waals surface area (Å²) in [5.41, 5.74) is 0. The number of aliphatic carboxylic acids is 1. The zero-order valence-electron chi connectivity index (χ0n) is 13.6. The van der Waals surface area contributed by atoms with Gasteiger partial charge in [-0.25, -0.2) is 4.79 Å². The number of carbonyl (C=O) groups is 1. The van der Waals surface area contributed by atoms with Crippen LogP contribution in [0.25, 0.3) is 0 Å². The molecular formula is C16H32O5. The average molecular weight is 304 g/mol. The fourth-order valence-electron chi connectivity index (χ4n) is 2.12. The minimum Gasteiger partial charge on any atom is -0.477 e. The van der Waals surface area contributed by atoms with E-state index in [1.165, 1.54) is 32.1 Å². The first-order chi connectivity index (χ1) is 10.2. The van der Waals surface area contributed by atoms with Crippen molar-refractivity contribution >= 4 is 5.97 Å². The highest BCUT2D eigenvalue weighted by molar-refractivity contribution is 5.70. The second-order valence-corrected chi connectivity index (χ2v) is 5.34. The summed E-state index contributed by atoms with van der Waals surface area (Å²) < 4.78 is 10.7. The normalized spacial score (nSPS) is 14.0. The zero-order chi connectivity index (χ0) is 15.9. The van der Waals surface area contributed by atoms with Crippen molar-refractivity contribution in [3.63, 3.8) is 0 Å². The van der Waals surface area contributed by atoms with Gasteiger partial charge in [0.1, 0.15) is 0 Å². The Bertz CT molecular complexity index is 245. The van der Waals surface area contributed by atoms with Gasteiger partial charge in [0.15, 0.2) is 0 Å². The lowest BCUT2D eigenvalue weighted by Gasteiger charge is -2.21. The molecule has 0 aliphatic rings. The van der Waals surface area contributed by atoms with E-state index in [4.69, 9.17) is 19.7 Å². The number of hydrogen-bond acceptors (Lipinski definition) is 4. The molecule has 5 heteroatoms. The number of aliphatic hydroxyl groups excluding tert-OH is 1. The highest BCUT2D eigenvalue weighted by Crippen LogP contribution is 2.15. The van der Waals surface area contributed by atoms with Crippen molar-refractivity contribution in [2.45, 2.75) is 84.0 Å². The summed E-state index contributed by atoms with van der Waals surface area (Å²) in [5.74, 6) is -1.10. The Labute approximate surface area is 128 Å². The highest BCUT2D eigenvalue weighted by Gasteiger charge is 2.22. The van der Waals surface area contributed by atoms with Gasteiger partial charge in [0, 0.05) is 6.61 Å². The Balaban J connectivity index is 3.92. The number of unbranched alkanes of at least 4 members (excludes halogenated alkanes) is 5. The first-order valence-electron chi connectivity index (χ1n) is 8.26. The summed E-state index contributed by atoms with van der Waals surface area (Å²) in [6, 6.07) is 0. The number of hydrogen-bond donors (Lipinski definition) is 2. The SMILES string of the molecule is CCCCCCCCC(CC)OC(OCCCO)C(=O)O. The Hall–Kier alpha value is -0.650. The van der Waals surface area contributed by atoms with Crippen LogP contribution in [0.1, 0.15) is 71.6 Å². The monoisotopic (exact) mass is 304 g/mol. The van der Waals surface area contributed by atoms with Crippen molar-refractivity contribution in [3.05, 3.63) is 0 Å². The predicted molar refractivity (Wildman–Crippen MR) is 82.2 cm³/mol. The molecule has 0 bridgehead atoms. The van der Waals surface area contributed by atoms with Crippen LogP contribution in [0.5, 0.6) is 0 Å². The molecule has 2 unspecified atom stereocenters. The van der Waals surface area contributed by atoms with Gasteiger partial charge in [-0.05, 0) is 19.3 Å². The number of aliphatic hydroxyl groups is 1. The molecule has 0 aliphatic heterocycles. The van der Waals surface area contributed by atoms with Crippen LogP contribution >= 0.6 is 0 Å². The third-order valence-corrected chi connectivity index (χ3v) is 3.42. The summed E-state index contributed by atoms with van der Waals surface area (Å²) in [5, 5.41) is 17.8. The fraction of sp³-hybridized carbons (Fsp3) is 0.938. The van der Waals surface area contributed by atoms with Gasteiger partial charge in [-0.3, -0.25) is 0 Å². The second-order valence-electron chi connectivity index (χ2n) is 5.34. The molecule has 21 heavy (non-hydrogen) atoms. The maximum Gasteiger partial charge on any atom is 0.361 e. The van der Waals surface area contributed by atoms with Crippen LogP contribution in [0, 0.1) is 0 Å². The topological polar surface area (TPSA) is 76.0 Å². The first kappa shape index (κ1) is 20.3. The lowest BCUT2D eigenvalue weighted by Crippen LogP contribution is -2.32. The van der Waals surface area contributed by atoms with Gasteiger partial charge in [0.25, 0.3) is 6.29 Å². The molecule has 0 radical (unpaired) electrons. The molecule has 5 nitrogen and oxygen atoms in total. The third-order valence-electron chi connectivity index (χ3n) is 3.42. The summed E-state index contributed by atoms with van der Waals surface area (Å²) in [6.07, 6.45) is 8.04. The van der Waals surface area contributed by atoms with E-state index in [1.54, 1.807) is 0 Å². The lowest BCUT2D eigenvalue weighted by molar-refractivity contribution is -0.203. The zero-order valence-corrected chi connectivity index (χ0v) is 13.6. The Morgan fingerprint density at radius 1 is 1.05 bits per heavy atom. The van der Waals surface area contributed by atoms with E-state index >= 15 is 0 Å². The Morgan fingerprint density at radius 2 is 1.71 bits per heavy atom. The van der Waals surface area contributed by atoms with Gasteiger partial charge >= 0.3 is 5.97 Å². The fourth-order valence-corrected chi connectivity index (χ4v) is 2.12. The van der Waals surface area contributed by atoms with Crippen molar-refractivity contribution in [1.82, 2.24) is 0 Å². The minimum atomic E-state index is -1.22. The second kappa shape index (κ2) is 14.3. The molecule has 0 saturated carbocycles. The molecule has 0 rings (SSSR count). The number of carboxylic acid groups (broad SMARTS) is 1. The van der Waals surface area contributed by atoms with E-state index < -0.39 is 12.3 Å². The van der Waals surface area contributed by atoms with Gasteiger partial charge in [0.05, 0.1) is 12.7 Å². The molecule has 126 valence electrons. The van der Waals surface area contributed by atoms with E-state index in [0.29, 0.717) is 6.42 Å². The smallest absolute Gasteiger partial charge is 0.361 e. The van der Waals surface area contributed by atoms with Crippen LogP contribution in [-0.2, 0) is 14.3 Å². The number of carboxylic acids is 1. The van der Waals surface area contributed by atoms with Crippen LogP contribution in [0.2, 0.25) is 0 Å². The van der Waals surface area contributed by atoms with Crippen molar-refractivity contribution in [1.29, 1.82) is 0 Å². The molecule has 0 aromatic rings. The average Bonchev–Trinajstić information content (AvgIpc) is 2.47. The van der Waals surface area contributed by atoms with Crippen molar-refractivity contribution in [2.75, 3.05) is 13.2 Å². The van der Waals surface area contributed by atoms with E-state index in [9.17, 15) is 4.79 Å². The van der Waals surface area contributed by atoms with E-state index in [-0.39, 0.29) is 19.3 Å². The first-order valence-corrected chi connectivity index (χ1v) is 8.26. The molecular weight excluding hydrogens is 272 g/mol. The van der Waals surface area contributed by atoms with E-state index in [0.717, 1.165) is 19.3 Å². The maximum absolute atomic E-state index is 11.1. The van der Waals surface area contributed by atoms with E-state index in [2.05, 4.69) is 6.92 Å². The number of rotatable bonds is 15. The Kier molecular flexibility index (Phi) is 13.9. The van der Waals surface area contributed by atoms with Gasteiger partial charge < -0.3 is 19.7 Å². The van der Waals surface area contributed by atoms with Crippen LogP contribution < -0.4 is 0 Å². The number of ether oxygens (including phenoxy) is 2. The molecule has 0 amide bonds. The molecule has 0 heterocycles. The van der Waals surface area contributed by atoms with Crippen molar-refractivity contribution in [3.8, 4) is 0 Å². The molecule has 0 fully saturated rings. The van der Waals surface area contributed by atoms with Crippen LogP contribution in [0.3, 0.4) is 0 Å². The van der Waals surface area contributed by atoms with Gasteiger partial charge in [-0.1, -0.05) is 52.4 Å². The van der Waals surface area contributed by atoms with Gasteiger partial charge in [-0.2, -0.15) is 0 Å². The largest absolute Gasteiger partial charge is 0.477 e. The minimum absolute atomic E-state index is 0.0126. The predicted octanol–water partition coefficient (Wildman–Crippen LogP) is 3.34. The van der Waals surface area contributed by atoms with Crippen molar-refractivity contribution in [2.24, 2.45) is 0 Å². The lowest BCUT2D eigenvalue weighted by atomic mass is 10.1. The summed E-state index contributed by atoms with van der Waals surface area (Å²) >= 11 is 0. The quantitative estimate of drug-likeness (QED) is 0.358. The Morgan fingerprint density at radius 3 is 2.29 bits per heavy atom. The molecule has 2 N–H and O–H groups in total. The van der Waals surface area contributed by atoms with Crippen LogP contribution in [0.15, 0.2) is 0 Å². The summed E-state index contributed by atoms with van der Waals surface area (Å²) in [7, 11) is 0. The van der Waals surface area contributed by atoms with Gasteiger partial charge in [0.2, 0.25) is 0 Å². The molecule has 0 aromatic heterocycles. The van der Waals surface area contributed by atoms with Crippen molar-refractivity contribution < 1.29 is 24.5 Å².